The van der Waals surface area contributed by atoms with Crippen molar-refractivity contribution < 1.29 is 9.90 Å². The van der Waals surface area contributed by atoms with Gasteiger partial charge < -0.3 is 10.4 Å². The lowest BCUT2D eigenvalue weighted by molar-refractivity contribution is -0.136. The highest BCUT2D eigenvalue weighted by molar-refractivity contribution is 7.09. The minimum Gasteiger partial charge on any atom is -0.481 e. The summed E-state index contributed by atoms with van der Waals surface area (Å²) >= 11 is 1.62. The molecule has 1 aromatic rings. The van der Waals surface area contributed by atoms with Crippen molar-refractivity contribution in [2.45, 2.75) is 57.5 Å². The molecule has 1 heterocycles. The molecule has 5 heteroatoms. The van der Waals surface area contributed by atoms with Crippen molar-refractivity contribution in [3.63, 3.8) is 0 Å². The summed E-state index contributed by atoms with van der Waals surface area (Å²) in [4.78, 5) is 14.9. The smallest absolute Gasteiger partial charge is 0.303 e. The molecule has 4 nitrogen and oxygen atoms in total. The van der Waals surface area contributed by atoms with Gasteiger partial charge in [0.25, 0.3) is 0 Å². The van der Waals surface area contributed by atoms with Crippen molar-refractivity contribution in [3.8, 4) is 0 Å². The molecule has 0 bridgehead atoms. The Morgan fingerprint density at radius 2 is 2.22 bits per heavy atom. The van der Waals surface area contributed by atoms with Gasteiger partial charge >= 0.3 is 5.97 Å². The number of carboxylic acid groups (broad SMARTS) is 1. The fourth-order valence-corrected chi connectivity index (χ4v) is 3.10. The molecule has 0 unspecified atom stereocenters. The SMILES string of the molecule is O=C(O)CCc1csc(CNC2CCCCC2)n1. The first-order valence-corrected chi connectivity index (χ1v) is 7.50. The van der Waals surface area contributed by atoms with Crippen LogP contribution in [-0.2, 0) is 17.8 Å². The van der Waals surface area contributed by atoms with E-state index in [0.29, 0.717) is 12.5 Å². The number of carboxylic acids is 1. The Bertz CT molecular complexity index is 386. The Hall–Kier alpha value is -0.940. The third-order valence-electron chi connectivity index (χ3n) is 3.34. The van der Waals surface area contributed by atoms with Crippen LogP contribution in [0.15, 0.2) is 5.38 Å². The second-order valence-corrected chi connectivity index (χ2v) is 5.78. The second-order valence-electron chi connectivity index (χ2n) is 4.84. The number of thiazole rings is 1. The third kappa shape index (κ3) is 4.38. The molecule has 0 saturated heterocycles. The van der Waals surface area contributed by atoms with E-state index in [0.717, 1.165) is 17.2 Å². The molecule has 1 aromatic heterocycles. The fourth-order valence-electron chi connectivity index (χ4n) is 2.32. The highest BCUT2D eigenvalue weighted by Crippen LogP contribution is 2.18. The van der Waals surface area contributed by atoms with Crippen molar-refractivity contribution >= 4 is 17.3 Å². The molecular formula is C13H20N2O2S. The Morgan fingerprint density at radius 3 is 2.94 bits per heavy atom. The van der Waals surface area contributed by atoms with Gasteiger partial charge in [-0.2, -0.15) is 0 Å². The number of aryl methyl sites for hydroxylation is 1. The zero-order valence-electron chi connectivity index (χ0n) is 10.5. The lowest BCUT2D eigenvalue weighted by atomic mass is 9.96. The predicted molar refractivity (Wildman–Crippen MR) is 71.8 cm³/mol. The van der Waals surface area contributed by atoms with E-state index in [1.807, 2.05) is 5.38 Å². The number of hydrogen-bond acceptors (Lipinski definition) is 4. The van der Waals surface area contributed by atoms with Crippen LogP contribution in [0.5, 0.6) is 0 Å². The molecule has 0 radical (unpaired) electrons. The van der Waals surface area contributed by atoms with Gasteiger partial charge in [-0.1, -0.05) is 19.3 Å². The molecule has 1 fully saturated rings. The van der Waals surface area contributed by atoms with E-state index in [9.17, 15) is 4.79 Å². The summed E-state index contributed by atoms with van der Waals surface area (Å²) in [7, 11) is 0. The van der Waals surface area contributed by atoms with Gasteiger partial charge in [-0.15, -0.1) is 11.3 Å². The number of carbonyl (C=O) groups is 1. The summed E-state index contributed by atoms with van der Waals surface area (Å²) in [6.45, 7) is 0.822. The van der Waals surface area contributed by atoms with Crippen LogP contribution in [0.3, 0.4) is 0 Å². The van der Waals surface area contributed by atoms with Gasteiger partial charge in [0.05, 0.1) is 12.1 Å². The van der Waals surface area contributed by atoms with Gasteiger partial charge in [0.15, 0.2) is 0 Å². The molecule has 0 amide bonds. The number of hydrogen-bond donors (Lipinski definition) is 2. The van der Waals surface area contributed by atoms with Gasteiger partial charge in [-0.25, -0.2) is 4.98 Å². The highest BCUT2D eigenvalue weighted by atomic mass is 32.1. The van der Waals surface area contributed by atoms with E-state index in [1.165, 1.54) is 32.1 Å². The summed E-state index contributed by atoms with van der Waals surface area (Å²) in [6, 6.07) is 0.644. The van der Waals surface area contributed by atoms with Crippen molar-refractivity contribution in [1.82, 2.24) is 10.3 Å². The zero-order valence-corrected chi connectivity index (χ0v) is 11.3. The van der Waals surface area contributed by atoms with Crippen LogP contribution in [0.25, 0.3) is 0 Å². The summed E-state index contributed by atoms with van der Waals surface area (Å²) in [6.07, 6.45) is 7.29. The summed E-state index contributed by atoms with van der Waals surface area (Å²) in [5.41, 5.74) is 0.905. The van der Waals surface area contributed by atoms with Gasteiger partial charge in [-0.3, -0.25) is 4.79 Å². The number of nitrogens with one attached hydrogen (secondary N) is 1. The van der Waals surface area contributed by atoms with Crippen molar-refractivity contribution in [3.05, 3.63) is 16.1 Å². The van der Waals surface area contributed by atoms with Gasteiger partial charge in [0.1, 0.15) is 5.01 Å². The van der Waals surface area contributed by atoms with Crippen molar-refractivity contribution in [1.29, 1.82) is 0 Å². The van der Waals surface area contributed by atoms with Crippen LogP contribution in [0.1, 0.15) is 49.2 Å². The van der Waals surface area contributed by atoms with Gasteiger partial charge in [0.2, 0.25) is 0 Å². The van der Waals surface area contributed by atoms with Crippen molar-refractivity contribution in [2.75, 3.05) is 0 Å². The molecule has 1 aliphatic carbocycles. The summed E-state index contributed by atoms with van der Waals surface area (Å²) < 4.78 is 0. The van der Waals surface area contributed by atoms with Crippen LogP contribution < -0.4 is 5.32 Å². The Kier molecular flexibility index (Phi) is 5.13. The van der Waals surface area contributed by atoms with Crippen molar-refractivity contribution in [2.24, 2.45) is 0 Å². The molecule has 2 rings (SSSR count). The number of aromatic nitrogens is 1. The molecule has 2 N–H and O–H groups in total. The minimum absolute atomic E-state index is 0.166. The number of nitrogens with zero attached hydrogens (tertiary/aromatic N) is 1. The molecular weight excluding hydrogens is 248 g/mol. The van der Waals surface area contributed by atoms with E-state index < -0.39 is 5.97 Å². The predicted octanol–water partition coefficient (Wildman–Crippen LogP) is 2.58. The first-order chi connectivity index (χ1) is 8.74. The minimum atomic E-state index is -0.759. The third-order valence-corrected chi connectivity index (χ3v) is 4.24. The molecule has 1 aliphatic rings. The second kappa shape index (κ2) is 6.85. The van der Waals surface area contributed by atoms with E-state index in [1.54, 1.807) is 11.3 Å². The van der Waals surface area contributed by atoms with E-state index in [-0.39, 0.29) is 6.42 Å². The zero-order chi connectivity index (χ0) is 12.8. The lowest BCUT2D eigenvalue weighted by Crippen LogP contribution is -2.30. The van der Waals surface area contributed by atoms with Crippen LogP contribution in [0.4, 0.5) is 0 Å². The quantitative estimate of drug-likeness (QED) is 0.832. The number of rotatable bonds is 6. The number of aliphatic carboxylic acids is 1. The molecule has 18 heavy (non-hydrogen) atoms. The summed E-state index contributed by atoms with van der Waals surface area (Å²) in [5.74, 6) is -0.759. The van der Waals surface area contributed by atoms with Crippen LogP contribution in [0.2, 0.25) is 0 Å². The van der Waals surface area contributed by atoms with Crippen LogP contribution in [-0.4, -0.2) is 22.1 Å². The molecule has 100 valence electrons. The van der Waals surface area contributed by atoms with E-state index >= 15 is 0 Å². The first-order valence-electron chi connectivity index (χ1n) is 6.62. The maximum Gasteiger partial charge on any atom is 0.303 e. The molecule has 1 saturated carbocycles. The monoisotopic (exact) mass is 268 g/mol. The Balaban J connectivity index is 1.73. The summed E-state index contributed by atoms with van der Waals surface area (Å²) in [5, 5.41) is 15.2. The standard InChI is InChI=1S/C13H20N2O2S/c16-13(17)7-6-11-9-18-12(15-11)8-14-10-4-2-1-3-5-10/h9-10,14H,1-8H2,(H,16,17). The fraction of sp³-hybridized carbons (Fsp3) is 0.692. The molecule has 0 aromatic carbocycles. The average molecular weight is 268 g/mol. The van der Waals surface area contributed by atoms with E-state index in [2.05, 4.69) is 10.3 Å². The maximum absolute atomic E-state index is 10.5. The van der Waals surface area contributed by atoms with Crippen LogP contribution >= 0.6 is 11.3 Å². The first kappa shape index (κ1) is 13.5. The van der Waals surface area contributed by atoms with E-state index in [4.69, 9.17) is 5.11 Å². The van der Waals surface area contributed by atoms with Crippen LogP contribution in [0, 0.1) is 0 Å². The van der Waals surface area contributed by atoms with Gasteiger partial charge in [0, 0.05) is 24.4 Å². The molecule has 0 aliphatic heterocycles. The Morgan fingerprint density at radius 1 is 1.44 bits per heavy atom. The Labute approximate surface area is 111 Å². The molecule has 0 atom stereocenters. The average Bonchev–Trinajstić information content (AvgIpc) is 2.83. The largest absolute Gasteiger partial charge is 0.481 e. The van der Waals surface area contributed by atoms with Gasteiger partial charge in [-0.05, 0) is 12.8 Å². The molecule has 0 spiro atoms. The lowest BCUT2D eigenvalue weighted by Gasteiger charge is -2.22. The highest BCUT2D eigenvalue weighted by Gasteiger charge is 2.13. The maximum atomic E-state index is 10.5. The topological polar surface area (TPSA) is 62.2 Å². The normalized spacial score (nSPS) is 16.9.